The van der Waals surface area contributed by atoms with Crippen molar-refractivity contribution in [3.05, 3.63) is 29.3 Å². The summed E-state index contributed by atoms with van der Waals surface area (Å²) in [6.07, 6.45) is 2.42. The molecule has 2 bridgehead atoms. The first-order valence-electron chi connectivity index (χ1n) is 10.3. The lowest BCUT2D eigenvalue weighted by atomic mass is 9.88. The number of ketones is 1. The van der Waals surface area contributed by atoms with E-state index in [-0.39, 0.29) is 24.0 Å². The number of piperidine rings is 1. The number of hydrogen-bond donors (Lipinski definition) is 0. The highest BCUT2D eigenvalue weighted by atomic mass is 32.1. The maximum absolute atomic E-state index is 12.5. The summed E-state index contributed by atoms with van der Waals surface area (Å²) in [4.78, 5) is 37.5. The van der Waals surface area contributed by atoms with E-state index in [4.69, 9.17) is 9.15 Å². The number of aromatic nitrogens is 2. The van der Waals surface area contributed by atoms with E-state index in [0.717, 1.165) is 17.0 Å². The van der Waals surface area contributed by atoms with E-state index in [1.165, 1.54) is 18.3 Å². The number of rotatable bonds is 3. The van der Waals surface area contributed by atoms with Crippen LogP contribution in [0.5, 0.6) is 0 Å². The molecule has 1 aromatic carbocycles. The predicted molar refractivity (Wildman–Crippen MR) is 118 cm³/mol. The lowest BCUT2D eigenvalue weighted by Gasteiger charge is -2.55. The fourth-order valence-electron chi connectivity index (χ4n) is 4.25. The number of ether oxygens (including phenoxy) is 1. The summed E-state index contributed by atoms with van der Waals surface area (Å²) in [5.74, 6) is -0.0310. The lowest BCUT2D eigenvalue weighted by Crippen LogP contribution is -2.70. The molecule has 5 heterocycles. The molecule has 2 atom stereocenters. The van der Waals surface area contributed by atoms with E-state index in [1.54, 1.807) is 12.3 Å². The first kappa shape index (κ1) is 20.0. The third-order valence-electron chi connectivity index (χ3n) is 5.62. The van der Waals surface area contributed by atoms with Gasteiger partial charge >= 0.3 is 6.09 Å². The summed E-state index contributed by atoms with van der Waals surface area (Å²) >= 11 is 1.49. The Morgan fingerprint density at radius 3 is 2.58 bits per heavy atom. The molecular formula is C22H24N4O4S. The van der Waals surface area contributed by atoms with Gasteiger partial charge in [0.25, 0.3) is 6.01 Å². The van der Waals surface area contributed by atoms with Gasteiger partial charge in [0.1, 0.15) is 16.1 Å². The fraction of sp³-hybridized carbons (Fsp3) is 0.455. The maximum Gasteiger partial charge on any atom is 0.410 e. The molecule has 0 N–H and O–H groups in total. The van der Waals surface area contributed by atoms with Crippen LogP contribution in [-0.2, 0) is 4.74 Å². The quantitative estimate of drug-likeness (QED) is 0.559. The van der Waals surface area contributed by atoms with Crippen LogP contribution in [0.25, 0.3) is 21.7 Å². The van der Waals surface area contributed by atoms with E-state index in [2.05, 4.69) is 14.9 Å². The molecule has 3 saturated heterocycles. The zero-order chi connectivity index (χ0) is 21.9. The van der Waals surface area contributed by atoms with Crippen molar-refractivity contribution in [3.63, 3.8) is 0 Å². The monoisotopic (exact) mass is 440 g/mol. The lowest BCUT2D eigenvalue weighted by molar-refractivity contribution is -0.0386. The van der Waals surface area contributed by atoms with Crippen LogP contribution < -0.4 is 4.90 Å². The van der Waals surface area contributed by atoms with E-state index in [1.807, 2.05) is 37.1 Å². The summed E-state index contributed by atoms with van der Waals surface area (Å²) in [6.45, 7) is 8.43. The Hall–Kier alpha value is -2.94. The van der Waals surface area contributed by atoms with Crippen molar-refractivity contribution in [1.29, 1.82) is 0 Å². The Kier molecular flexibility index (Phi) is 4.55. The number of hydrogen-bond acceptors (Lipinski definition) is 8. The molecule has 8 nitrogen and oxygen atoms in total. The van der Waals surface area contributed by atoms with Crippen LogP contribution in [0.3, 0.4) is 0 Å². The van der Waals surface area contributed by atoms with Gasteiger partial charge in [-0.3, -0.25) is 9.69 Å². The number of benzene rings is 1. The molecule has 0 radical (unpaired) electrons. The van der Waals surface area contributed by atoms with Gasteiger partial charge in [-0.25, -0.2) is 9.78 Å². The molecule has 6 rings (SSSR count). The van der Waals surface area contributed by atoms with Crippen molar-refractivity contribution in [3.8, 4) is 10.6 Å². The molecule has 3 aliphatic rings. The number of carbonyl (C=O) groups is 2. The minimum atomic E-state index is -0.512. The van der Waals surface area contributed by atoms with Gasteiger partial charge in [-0.2, -0.15) is 4.98 Å². The number of carbonyl (C=O) groups excluding carboxylic acids is 2. The number of Topliss-reactive ketones (excluding diaryl/α,β-unsaturated/α-hetero) is 1. The zero-order valence-corrected chi connectivity index (χ0v) is 18.7. The van der Waals surface area contributed by atoms with E-state index >= 15 is 0 Å². The van der Waals surface area contributed by atoms with Gasteiger partial charge in [0.05, 0.1) is 17.6 Å². The van der Waals surface area contributed by atoms with E-state index in [0.29, 0.717) is 35.8 Å². The number of nitrogens with zero attached hydrogens (tertiary/aromatic N) is 4. The molecule has 9 heteroatoms. The fourth-order valence-corrected chi connectivity index (χ4v) is 4.90. The van der Waals surface area contributed by atoms with Gasteiger partial charge in [-0.1, -0.05) is 0 Å². The van der Waals surface area contributed by atoms with Crippen molar-refractivity contribution in [2.75, 3.05) is 18.0 Å². The summed E-state index contributed by atoms with van der Waals surface area (Å²) in [5.41, 5.74) is 2.10. The number of oxazole rings is 1. The van der Waals surface area contributed by atoms with Crippen molar-refractivity contribution in [1.82, 2.24) is 14.9 Å². The molecule has 3 fully saturated rings. The topological polar surface area (TPSA) is 88.8 Å². The summed E-state index contributed by atoms with van der Waals surface area (Å²) in [6, 6.07) is 4.24. The Morgan fingerprint density at radius 1 is 1.23 bits per heavy atom. The van der Waals surface area contributed by atoms with Crippen molar-refractivity contribution >= 4 is 40.3 Å². The molecule has 162 valence electrons. The Bertz CT molecular complexity index is 1150. The van der Waals surface area contributed by atoms with E-state index in [9.17, 15) is 9.59 Å². The molecule has 3 aromatic rings. The summed E-state index contributed by atoms with van der Waals surface area (Å²) < 4.78 is 11.7. The van der Waals surface area contributed by atoms with Crippen LogP contribution in [0, 0.1) is 0 Å². The molecule has 0 aliphatic carbocycles. The van der Waals surface area contributed by atoms with E-state index < -0.39 is 5.60 Å². The first-order valence-corrected chi connectivity index (χ1v) is 11.2. The molecule has 3 aliphatic heterocycles. The number of anilines is 1. The number of amides is 1. The van der Waals surface area contributed by atoms with Crippen LogP contribution in [0.15, 0.2) is 28.1 Å². The standard InChI is InChI=1S/C22H24N4O4S/c1-12(27)13-7-16(19-23-5-6-31-19)18-17(8-13)24-20(29-18)25-10-14-9-15(11-25)26(14)21(28)30-22(2,3)4/h5-8,14-15H,9-11H2,1-4H3. The highest BCUT2D eigenvalue weighted by molar-refractivity contribution is 7.13. The summed E-state index contributed by atoms with van der Waals surface area (Å²) in [7, 11) is 0. The molecule has 2 aromatic heterocycles. The van der Waals surface area contributed by atoms with Crippen molar-refractivity contribution < 1.29 is 18.7 Å². The van der Waals surface area contributed by atoms with Crippen LogP contribution in [0.4, 0.5) is 10.8 Å². The van der Waals surface area contributed by atoms with Crippen LogP contribution in [-0.4, -0.2) is 57.5 Å². The third-order valence-corrected chi connectivity index (χ3v) is 6.42. The Balaban J connectivity index is 1.43. The minimum Gasteiger partial charge on any atom is -0.444 e. The maximum atomic E-state index is 12.5. The summed E-state index contributed by atoms with van der Waals surface area (Å²) in [5, 5.41) is 2.68. The largest absolute Gasteiger partial charge is 0.444 e. The van der Waals surface area contributed by atoms with Crippen molar-refractivity contribution in [2.24, 2.45) is 0 Å². The molecule has 2 unspecified atom stereocenters. The molecule has 0 saturated carbocycles. The third kappa shape index (κ3) is 3.56. The van der Waals surface area contributed by atoms with Gasteiger partial charge < -0.3 is 14.1 Å². The van der Waals surface area contributed by atoms with Gasteiger partial charge in [-0.05, 0) is 46.2 Å². The zero-order valence-electron chi connectivity index (χ0n) is 17.9. The van der Waals surface area contributed by atoms with Crippen LogP contribution in [0.1, 0.15) is 44.5 Å². The van der Waals surface area contributed by atoms with Crippen molar-refractivity contribution in [2.45, 2.75) is 51.8 Å². The molecule has 1 amide bonds. The van der Waals surface area contributed by atoms with Crippen LogP contribution >= 0.6 is 11.3 Å². The average molecular weight is 441 g/mol. The SMILES string of the molecule is CC(=O)c1cc(-c2nccs2)c2oc(N3CC4CC(C3)N4C(=O)OC(C)(C)C)nc2c1. The molecular weight excluding hydrogens is 416 g/mol. The normalized spacial score (nSPS) is 20.6. The van der Waals surface area contributed by atoms with Gasteiger partial charge in [0.15, 0.2) is 11.4 Å². The smallest absolute Gasteiger partial charge is 0.410 e. The second-order valence-electron chi connectivity index (χ2n) is 9.10. The molecule has 0 spiro atoms. The van der Waals surface area contributed by atoms with Gasteiger partial charge in [0.2, 0.25) is 0 Å². The number of fused-ring (bicyclic) bond motifs is 3. The second kappa shape index (κ2) is 7.05. The Labute approximate surface area is 183 Å². The Morgan fingerprint density at radius 2 is 1.97 bits per heavy atom. The number of thiazole rings is 1. The first-order chi connectivity index (χ1) is 14.7. The average Bonchev–Trinajstić information content (AvgIpc) is 3.35. The van der Waals surface area contributed by atoms with Gasteiger partial charge in [-0.15, -0.1) is 11.3 Å². The highest BCUT2D eigenvalue weighted by Gasteiger charge is 2.49. The van der Waals surface area contributed by atoms with Gasteiger partial charge in [0, 0.05) is 30.2 Å². The second-order valence-corrected chi connectivity index (χ2v) is 9.99. The predicted octanol–water partition coefficient (Wildman–Crippen LogP) is 4.35. The molecule has 31 heavy (non-hydrogen) atoms. The highest BCUT2D eigenvalue weighted by Crippen LogP contribution is 2.38. The minimum absolute atomic E-state index is 0.0310. The van der Waals surface area contributed by atoms with Crippen LogP contribution in [0.2, 0.25) is 0 Å². The number of piperazine rings is 1.